The standard InChI is InChI=1S/C19H38O4/c1-2-3-4-5-6-7-8-9-10-11-12-13-14-15-22-16-19(21)17-23-18-20/h18-19,21H,2-17H2,1H3. The average Bonchev–Trinajstić information content (AvgIpc) is 2.56. The van der Waals surface area contributed by atoms with Crippen LogP contribution in [-0.2, 0) is 14.3 Å². The number of carbonyl (C=O) groups excluding carboxylic acids is 1. The summed E-state index contributed by atoms with van der Waals surface area (Å²) in [6.07, 6.45) is 16.7. The van der Waals surface area contributed by atoms with Crippen molar-refractivity contribution in [2.24, 2.45) is 0 Å². The van der Waals surface area contributed by atoms with Gasteiger partial charge in [0.1, 0.15) is 12.7 Å². The van der Waals surface area contributed by atoms with Crippen LogP contribution in [0.5, 0.6) is 0 Å². The average molecular weight is 331 g/mol. The van der Waals surface area contributed by atoms with Crippen molar-refractivity contribution in [3.63, 3.8) is 0 Å². The maximum Gasteiger partial charge on any atom is 0.293 e. The van der Waals surface area contributed by atoms with Gasteiger partial charge in [0.25, 0.3) is 6.47 Å². The third kappa shape index (κ3) is 19.3. The van der Waals surface area contributed by atoms with Crippen LogP contribution in [0.3, 0.4) is 0 Å². The molecule has 0 saturated heterocycles. The van der Waals surface area contributed by atoms with Crippen LogP contribution in [0.25, 0.3) is 0 Å². The molecule has 1 unspecified atom stereocenters. The molecule has 0 amide bonds. The van der Waals surface area contributed by atoms with Crippen molar-refractivity contribution in [2.75, 3.05) is 19.8 Å². The summed E-state index contributed by atoms with van der Waals surface area (Å²) in [5, 5.41) is 9.38. The smallest absolute Gasteiger partial charge is 0.293 e. The van der Waals surface area contributed by atoms with Crippen molar-refractivity contribution in [3.8, 4) is 0 Å². The van der Waals surface area contributed by atoms with Crippen LogP contribution in [0.2, 0.25) is 0 Å². The second-order valence-electron chi connectivity index (χ2n) is 6.40. The van der Waals surface area contributed by atoms with E-state index in [4.69, 9.17) is 4.74 Å². The van der Waals surface area contributed by atoms with Gasteiger partial charge in [-0.15, -0.1) is 0 Å². The Hall–Kier alpha value is -0.610. The van der Waals surface area contributed by atoms with Crippen molar-refractivity contribution in [1.82, 2.24) is 0 Å². The van der Waals surface area contributed by atoms with E-state index in [0.717, 1.165) is 6.42 Å². The number of ether oxygens (including phenoxy) is 2. The highest BCUT2D eigenvalue weighted by molar-refractivity contribution is 5.36. The van der Waals surface area contributed by atoms with E-state index >= 15 is 0 Å². The van der Waals surface area contributed by atoms with E-state index in [1.54, 1.807) is 0 Å². The fraction of sp³-hybridized carbons (Fsp3) is 0.947. The number of rotatable bonds is 19. The highest BCUT2D eigenvalue weighted by Crippen LogP contribution is 2.12. The molecule has 4 heteroatoms. The number of hydrogen-bond acceptors (Lipinski definition) is 4. The third-order valence-electron chi connectivity index (χ3n) is 4.06. The molecule has 0 aliphatic rings. The molecular formula is C19H38O4. The quantitative estimate of drug-likeness (QED) is 0.277. The van der Waals surface area contributed by atoms with Gasteiger partial charge < -0.3 is 14.6 Å². The second-order valence-corrected chi connectivity index (χ2v) is 6.40. The summed E-state index contributed by atoms with van der Waals surface area (Å²) in [5.41, 5.74) is 0. The molecule has 1 atom stereocenters. The fourth-order valence-corrected chi connectivity index (χ4v) is 2.64. The Kier molecular flexibility index (Phi) is 18.9. The second kappa shape index (κ2) is 19.4. The first-order chi connectivity index (χ1) is 11.3. The molecule has 0 heterocycles. The highest BCUT2D eigenvalue weighted by atomic mass is 16.5. The number of aliphatic hydroxyl groups is 1. The van der Waals surface area contributed by atoms with E-state index in [1.807, 2.05) is 0 Å². The Morgan fingerprint density at radius 2 is 1.26 bits per heavy atom. The largest absolute Gasteiger partial charge is 0.465 e. The van der Waals surface area contributed by atoms with Crippen molar-refractivity contribution in [3.05, 3.63) is 0 Å². The minimum absolute atomic E-state index is 0.0160. The van der Waals surface area contributed by atoms with Crippen LogP contribution in [0.4, 0.5) is 0 Å². The van der Waals surface area contributed by atoms with Crippen LogP contribution in [0.15, 0.2) is 0 Å². The van der Waals surface area contributed by atoms with Gasteiger partial charge in [-0.25, -0.2) is 0 Å². The molecule has 0 aromatic carbocycles. The van der Waals surface area contributed by atoms with Crippen LogP contribution in [0.1, 0.15) is 90.4 Å². The number of hydrogen-bond donors (Lipinski definition) is 1. The summed E-state index contributed by atoms with van der Waals surface area (Å²) in [6, 6.07) is 0. The van der Waals surface area contributed by atoms with Gasteiger partial charge in [-0.05, 0) is 6.42 Å². The zero-order chi connectivity index (χ0) is 17.0. The Bertz CT molecular complexity index is 233. The topological polar surface area (TPSA) is 55.8 Å². The Balaban J connectivity index is 3.03. The van der Waals surface area contributed by atoms with Gasteiger partial charge in [-0.3, -0.25) is 4.79 Å². The molecule has 0 aromatic rings. The molecule has 0 aromatic heterocycles. The molecule has 0 bridgehead atoms. The van der Waals surface area contributed by atoms with Crippen molar-refractivity contribution in [2.45, 2.75) is 96.5 Å². The summed E-state index contributed by atoms with van der Waals surface area (Å²) >= 11 is 0. The lowest BCUT2D eigenvalue weighted by Gasteiger charge is -2.09. The van der Waals surface area contributed by atoms with E-state index in [-0.39, 0.29) is 13.2 Å². The molecule has 0 spiro atoms. The van der Waals surface area contributed by atoms with E-state index in [9.17, 15) is 9.90 Å². The Morgan fingerprint density at radius 1 is 0.783 bits per heavy atom. The zero-order valence-electron chi connectivity index (χ0n) is 15.1. The first kappa shape index (κ1) is 22.4. The van der Waals surface area contributed by atoms with Crippen LogP contribution >= 0.6 is 0 Å². The summed E-state index contributed by atoms with van der Waals surface area (Å²) in [5.74, 6) is 0. The van der Waals surface area contributed by atoms with Gasteiger partial charge in [0.15, 0.2) is 0 Å². The maximum absolute atomic E-state index is 9.95. The molecule has 0 fully saturated rings. The Morgan fingerprint density at radius 3 is 1.74 bits per heavy atom. The lowest BCUT2D eigenvalue weighted by molar-refractivity contribution is -0.132. The lowest BCUT2D eigenvalue weighted by atomic mass is 10.0. The minimum atomic E-state index is -0.706. The SMILES string of the molecule is CCCCCCCCCCCCCCCOCC(O)COC=O. The zero-order valence-corrected chi connectivity index (χ0v) is 15.1. The third-order valence-corrected chi connectivity index (χ3v) is 4.06. The number of unbranched alkanes of at least 4 members (excludes halogenated alkanes) is 12. The highest BCUT2D eigenvalue weighted by Gasteiger charge is 2.03. The van der Waals surface area contributed by atoms with Gasteiger partial charge in [0.2, 0.25) is 0 Å². The number of aliphatic hydroxyl groups excluding tert-OH is 1. The van der Waals surface area contributed by atoms with Crippen LogP contribution in [-0.4, -0.2) is 37.5 Å². The molecule has 0 aliphatic carbocycles. The summed E-state index contributed by atoms with van der Waals surface area (Å²) < 4.78 is 9.81. The van der Waals surface area contributed by atoms with E-state index < -0.39 is 6.10 Å². The van der Waals surface area contributed by atoms with Crippen molar-refractivity contribution < 1.29 is 19.4 Å². The molecule has 0 saturated carbocycles. The van der Waals surface area contributed by atoms with E-state index in [0.29, 0.717) is 13.1 Å². The molecular weight excluding hydrogens is 292 g/mol. The summed E-state index contributed by atoms with van der Waals surface area (Å²) in [7, 11) is 0. The maximum atomic E-state index is 9.95. The molecule has 0 rings (SSSR count). The molecule has 0 aliphatic heterocycles. The number of carbonyl (C=O) groups is 1. The Labute approximate surface area is 142 Å². The van der Waals surface area contributed by atoms with Gasteiger partial charge in [-0.1, -0.05) is 84.0 Å². The molecule has 1 N–H and O–H groups in total. The summed E-state index contributed by atoms with van der Waals surface area (Å²) in [6.45, 7) is 3.54. The normalized spacial score (nSPS) is 12.3. The molecule has 23 heavy (non-hydrogen) atoms. The van der Waals surface area contributed by atoms with Gasteiger partial charge >= 0.3 is 0 Å². The van der Waals surface area contributed by atoms with E-state index in [2.05, 4.69) is 11.7 Å². The monoisotopic (exact) mass is 330 g/mol. The molecule has 0 radical (unpaired) electrons. The predicted octanol–water partition coefficient (Wildman–Crippen LogP) is 4.63. The van der Waals surface area contributed by atoms with Crippen LogP contribution < -0.4 is 0 Å². The lowest BCUT2D eigenvalue weighted by Crippen LogP contribution is -2.21. The van der Waals surface area contributed by atoms with Crippen LogP contribution in [0, 0.1) is 0 Å². The van der Waals surface area contributed by atoms with Gasteiger partial charge in [-0.2, -0.15) is 0 Å². The predicted molar refractivity (Wildman–Crippen MR) is 94.5 cm³/mol. The minimum Gasteiger partial charge on any atom is -0.465 e. The van der Waals surface area contributed by atoms with Crippen molar-refractivity contribution >= 4 is 6.47 Å². The molecule has 138 valence electrons. The first-order valence-corrected chi connectivity index (χ1v) is 9.62. The summed E-state index contributed by atoms with van der Waals surface area (Å²) in [4.78, 5) is 9.95. The van der Waals surface area contributed by atoms with Gasteiger partial charge in [0.05, 0.1) is 6.61 Å². The molecule has 4 nitrogen and oxygen atoms in total. The fourth-order valence-electron chi connectivity index (χ4n) is 2.64. The van der Waals surface area contributed by atoms with E-state index in [1.165, 1.54) is 77.0 Å². The van der Waals surface area contributed by atoms with Gasteiger partial charge in [0, 0.05) is 6.61 Å². The first-order valence-electron chi connectivity index (χ1n) is 9.62. The van der Waals surface area contributed by atoms with Crippen molar-refractivity contribution in [1.29, 1.82) is 0 Å².